The lowest BCUT2D eigenvalue weighted by Gasteiger charge is -2.09. The van der Waals surface area contributed by atoms with Gasteiger partial charge >= 0.3 is 5.97 Å². The zero-order chi connectivity index (χ0) is 13.1. The van der Waals surface area contributed by atoms with Gasteiger partial charge in [0, 0.05) is 25.1 Å². The number of ether oxygens (including phenoxy) is 1. The number of benzene rings is 1. The molecule has 6 nitrogen and oxygen atoms in total. The van der Waals surface area contributed by atoms with Crippen LogP contribution < -0.4 is 10.5 Å². The van der Waals surface area contributed by atoms with Crippen LogP contribution in [0.15, 0.2) is 30.6 Å². The quantitative estimate of drug-likeness (QED) is 0.794. The van der Waals surface area contributed by atoms with Gasteiger partial charge in [0.05, 0.1) is 0 Å². The Balaban J connectivity index is 2.19. The third-order valence-corrected chi connectivity index (χ3v) is 2.51. The van der Waals surface area contributed by atoms with Gasteiger partial charge in [0.15, 0.2) is 0 Å². The van der Waals surface area contributed by atoms with Gasteiger partial charge in [-0.15, -0.1) is 0 Å². The molecule has 0 saturated heterocycles. The van der Waals surface area contributed by atoms with Gasteiger partial charge < -0.3 is 20.1 Å². The molecule has 0 unspecified atom stereocenters. The van der Waals surface area contributed by atoms with Crippen LogP contribution in [0, 0.1) is 0 Å². The molecule has 0 amide bonds. The average molecular weight is 247 g/mol. The van der Waals surface area contributed by atoms with E-state index in [4.69, 9.17) is 15.6 Å². The van der Waals surface area contributed by atoms with Crippen LogP contribution >= 0.6 is 0 Å². The summed E-state index contributed by atoms with van der Waals surface area (Å²) in [5.74, 6) is -0.0833. The molecule has 6 heteroatoms. The smallest absolute Gasteiger partial charge is 0.339 e. The summed E-state index contributed by atoms with van der Waals surface area (Å²) in [6.45, 7) is 0.202. The van der Waals surface area contributed by atoms with E-state index < -0.39 is 5.97 Å². The van der Waals surface area contributed by atoms with Crippen molar-refractivity contribution in [2.45, 2.75) is 6.61 Å². The Morgan fingerprint density at radius 3 is 2.94 bits per heavy atom. The molecule has 18 heavy (non-hydrogen) atoms. The lowest BCUT2D eigenvalue weighted by atomic mass is 10.2. The minimum Gasteiger partial charge on any atom is -0.485 e. The standard InChI is InChI=1S/C12H13N3O3/c1-15-5-4-14-11(15)7-18-10-3-2-8(13)6-9(10)12(16)17/h2-6H,7,13H2,1H3,(H,16,17). The maximum Gasteiger partial charge on any atom is 0.339 e. The van der Waals surface area contributed by atoms with E-state index >= 15 is 0 Å². The number of nitrogens with two attached hydrogens (primary N) is 1. The van der Waals surface area contributed by atoms with Gasteiger partial charge in [0.2, 0.25) is 0 Å². The Morgan fingerprint density at radius 2 is 2.33 bits per heavy atom. The van der Waals surface area contributed by atoms with Crippen molar-refractivity contribution in [1.29, 1.82) is 0 Å². The van der Waals surface area contributed by atoms with E-state index in [0.29, 0.717) is 11.5 Å². The molecule has 0 aliphatic heterocycles. The first-order valence-electron chi connectivity index (χ1n) is 5.29. The molecule has 0 atom stereocenters. The zero-order valence-electron chi connectivity index (χ0n) is 9.83. The summed E-state index contributed by atoms with van der Waals surface area (Å²) in [6, 6.07) is 4.51. The molecule has 1 heterocycles. The number of nitrogen functional groups attached to an aromatic ring is 1. The molecule has 3 N–H and O–H groups in total. The minimum absolute atomic E-state index is 0.0456. The Labute approximate surface area is 104 Å². The molecule has 2 aromatic rings. The van der Waals surface area contributed by atoms with Crippen LogP contribution in [0.25, 0.3) is 0 Å². The molecule has 0 spiro atoms. The molecule has 0 saturated carbocycles. The fraction of sp³-hybridized carbons (Fsp3) is 0.167. The van der Waals surface area contributed by atoms with E-state index in [0.717, 1.165) is 0 Å². The molecule has 1 aromatic heterocycles. The number of carboxylic acids is 1. The van der Waals surface area contributed by atoms with Crippen molar-refractivity contribution < 1.29 is 14.6 Å². The van der Waals surface area contributed by atoms with Crippen molar-refractivity contribution in [1.82, 2.24) is 9.55 Å². The van der Waals surface area contributed by atoms with Crippen molar-refractivity contribution in [3.05, 3.63) is 42.0 Å². The molecule has 0 aliphatic rings. The highest BCUT2D eigenvalue weighted by molar-refractivity contribution is 5.92. The van der Waals surface area contributed by atoms with Gasteiger partial charge in [-0.1, -0.05) is 0 Å². The summed E-state index contributed by atoms with van der Waals surface area (Å²) in [4.78, 5) is 15.1. The largest absolute Gasteiger partial charge is 0.485 e. The van der Waals surface area contributed by atoms with Crippen LogP contribution in [-0.2, 0) is 13.7 Å². The topological polar surface area (TPSA) is 90.4 Å². The highest BCUT2D eigenvalue weighted by Gasteiger charge is 2.12. The van der Waals surface area contributed by atoms with Crippen LogP contribution in [-0.4, -0.2) is 20.6 Å². The number of hydrogen-bond donors (Lipinski definition) is 2. The summed E-state index contributed by atoms with van der Waals surface area (Å²) in [5.41, 5.74) is 5.98. The SMILES string of the molecule is Cn1ccnc1COc1ccc(N)cc1C(=O)O. The van der Waals surface area contributed by atoms with Crippen LogP contribution in [0.4, 0.5) is 5.69 Å². The van der Waals surface area contributed by atoms with Crippen molar-refractivity contribution in [2.24, 2.45) is 7.05 Å². The second-order valence-corrected chi connectivity index (χ2v) is 3.80. The van der Waals surface area contributed by atoms with Crippen LogP contribution in [0.2, 0.25) is 0 Å². The number of carbonyl (C=O) groups is 1. The summed E-state index contributed by atoms with van der Waals surface area (Å²) in [5, 5.41) is 9.05. The fourth-order valence-electron chi connectivity index (χ4n) is 1.52. The lowest BCUT2D eigenvalue weighted by molar-refractivity contribution is 0.0691. The number of aromatic nitrogens is 2. The number of aromatic carboxylic acids is 1. The number of nitrogens with zero attached hydrogens (tertiary/aromatic N) is 2. The Morgan fingerprint density at radius 1 is 1.56 bits per heavy atom. The summed E-state index contributed by atoms with van der Waals surface area (Å²) < 4.78 is 7.26. The second-order valence-electron chi connectivity index (χ2n) is 3.80. The predicted molar refractivity (Wildman–Crippen MR) is 65.4 cm³/mol. The highest BCUT2D eigenvalue weighted by Crippen LogP contribution is 2.22. The van der Waals surface area contributed by atoms with Crippen LogP contribution in [0.5, 0.6) is 5.75 Å². The minimum atomic E-state index is -1.07. The van der Waals surface area contributed by atoms with Gasteiger partial charge in [-0.05, 0) is 18.2 Å². The third kappa shape index (κ3) is 2.42. The van der Waals surface area contributed by atoms with Crippen LogP contribution in [0.1, 0.15) is 16.2 Å². The van der Waals surface area contributed by atoms with E-state index in [1.807, 2.05) is 7.05 Å². The van der Waals surface area contributed by atoms with Crippen LogP contribution in [0.3, 0.4) is 0 Å². The van der Waals surface area contributed by atoms with E-state index in [9.17, 15) is 4.79 Å². The maximum atomic E-state index is 11.0. The first-order valence-corrected chi connectivity index (χ1v) is 5.29. The molecule has 2 rings (SSSR count). The molecule has 1 aromatic carbocycles. The van der Waals surface area contributed by atoms with Crippen molar-refractivity contribution in [3.63, 3.8) is 0 Å². The molecule has 94 valence electrons. The number of carboxylic acid groups (broad SMARTS) is 1. The van der Waals surface area contributed by atoms with Gasteiger partial charge in [0.25, 0.3) is 0 Å². The number of hydrogen-bond acceptors (Lipinski definition) is 4. The summed E-state index contributed by atoms with van der Waals surface area (Å²) in [6.07, 6.45) is 3.44. The zero-order valence-corrected chi connectivity index (χ0v) is 9.83. The van der Waals surface area contributed by atoms with Gasteiger partial charge in [-0.2, -0.15) is 0 Å². The predicted octanol–water partition coefficient (Wildman–Crippen LogP) is 1.28. The van der Waals surface area contributed by atoms with Crippen molar-refractivity contribution >= 4 is 11.7 Å². The third-order valence-electron chi connectivity index (χ3n) is 2.51. The lowest BCUT2D eigenvalue weighted by Crippen LogP contribution is -2.07. The summed E-state index contributed by atoms with van der Waals surface area (Å²) in [7, 11) is 1.84. The average Bonchev–Trinajstić information content (AvgIpc) is 2.73. The van der Waals surface area contributed by atoms with E-state index in [-0.39, 0.29) is 17.9 Å². The fourth-order valence-corrected chi connectivity index (χ4v) is 1.52. The van der Waals surface area contributed by atoms with Gasteiger partial charge in [-0.3, -0.25) is 0 Å². The monoisotopic (exact) mass is 247 g/mol. The van der Waals surface area contributed by atoms with E-state index in [1.54, 1.807) is 29.1 Å². The highest BCUT2D eigenvalue weighted by atomic mass is 16.5. The Bertz CT molecular complexity index is 578. The number of rotatable bonds is 4. The Hall–Kier alpha value is -2.50. The molecule has 0 fully saturated rings. The van der Waals surface area contributed by atoms with Crippen molar-refractivity contribution in [2.75, 3.05) is 5.73 Å². The molecule has 0 radical (unpaired) electrons. The first kappa shape index (κ1) is 12.0. The molecule has 0 bridgehead atoms. The number of imidazole rings is 1. The molecule has 0 aliphatic carbocycles. The van der Waals surface area contributed by atoms with E-state index in [2.05, 4.69) is 4.98 Å². The maximum absolute atomic E-state index is 11.0. The number of aryl methyl sites for hydroxylation is 1. The van der Waals surface area contributed by atoms with E-state index in [1.165, 1.54) is 6.07 Å². The van der Waals surface area contributed by atoms with Gasteiger partial charge in [-0.25, -0.2) is 9.78 Å². The second kappa shape index (κ2) is 4.79. The number of anilines is 1. The van der Waals surface area contributed by atoms with Gasteiger partial charge in [0.1, 0.15) is 23.7 Å². The normalized spacial score (nSPS) is 10.3. The molecular formula is C12H13N3O3. The molecular weight excluding hydrogens is 234 g/mol. The Kier molecular flexibility index (Phi) is 3.18. The first-order chi connectivity index (χ1) is 8.58. The summed E-state index contributed by atoms with van der Waals surface area (Å²) >= 11 is 0. The van der Waals surface area contributed by atoms with Crippen molar-refractivity contribution in [3.8, 4) is 5.75 Å².